The maximum atomic E-state index is 14.0. The van der Waals surface area contributed by atoms with Crippen molar-refractivity contribution in [3.63, 3.8) is 0 Å². The van der Waals surface area contributed by atoms with E-state index < -0.39 is 23.8 Å². The molecule has 0 saturated carbocycles. The Morgan fingerprint density at radius 3 is 2.42 bits per heavy atom. The largest absolute Gasteiger partial charge is 0.371 e. The van der Waals surface area contributed by atoms with Gasteiger partial charge in [0.1, 0.15) is 6.04 Å². The van der Waals surface area contributed by atoms with E-state index in [-0.39, 0.29) is 29.9 Å². The van der Waals surface area contributed by atoms with Gasteiger partial charge in [-0.15, -0.1) is 11.8 Å². The predicted molar refractivity (Wildman–Crippen MR) is 215 cm³/mol. The summed E-state index contributed by atoms with van der Waals surface area (Å²) in [6.45, 7) is 9.60. The second kappa shape index (κ2) is 15.1. The third-order valence-electron chi connectivity index (χ3n) is 12.1. The third kappa shape index (κ3) is 6.69. The zero-order chi connectivity index (χ0) is 38.4. The molecule has 4 heterocycles. The van der Waals surface area contributed by atoms with Gasteiger partial charge in [0.2, 0.25) is 11.8 Å². The number of carbonyl (C=O) groups excluding carboxylic acids is 5. The molecule has 3 aromatic carbocycles. The minimum Gasteiger partial charge on any atom is -0.371 e. The number of amides is 4. The maximum absolute atomic E-state index is 14.0. The molecule has 286 valence electrons. The van der Waals surface area contributed by atoms with E-state index in [0.717, 1.165) is 113 Å². The van der Waals surface area contributed by atoms with Crippen molar-refractivity contribution in [2.75, 3.05) is 30.3 Å². The van der Waals surface area contributed by atoms with Crippen LogP contribution in [0.5, 0.6) is 0 Å². The number of rotatable bonds is 12. The number of aromatic nitrogens is 1. The molecule has 3 N–H and O–H groups in total. The highest BCUT2D eigenvalue weighted by Crippen LogP contribution is 2.46. The molecule has 1 aromatic heterocycles. The van der Waals surface area contributed by atoms with E-state index in [4.69, 9.17) is 0 Å². The fraction of sp³-hybridized carbons (Fsp3) is 0.432. The molecule has 55 heavy (non-hydrogen) atoms. The fourth-order valence-electron chi connectivity index (χ4n) is 9.03. The average molecular weight is 760 g/mol. The first-order valence-corrected chi connectivity index (χ1v) is 20.9. The number of hydrogen-bond acceptors (Lipinski definition) is 8. The van der Waals surface area contributed by atoms with Gasteiger partial charge < -0.3 is 15.2 Å². The molecule has 4 aliphatic rings. The number of aryl methyl sites for hydroxylation is 1. The second-order valence-corrected chi connectivity index (χ2v) is 17.0. The molecule has 1 aliphatic carbocycles. The van der Waals surface area contributed by atoms with Crippen molar-refractivity contribution in [1.82, 2.24) is 20.5 Å². The van der Waals surface area contributed by atoms with Crippen molar-refractivity contribution in [3.05, 3.63) is 93.7 Å². The lowest BCUT2D eigenvalue weighted by atomic mass is 9.70. The number of benzene rings is 3. The van der Waals surface area contributed by atoms with Crippen molar-refractivity contribution in [2.45, 2.75) is 101 Å². The number of unbranched alkanes of at least 4 members (excludes halogenated alkanes) is 3. The first kappa shape index (κ1) is 37.2. The number of ketones is 1. The summed E-state index contributed by atoms with van der Waals surface area (Å²) in [5, 5.41) is 7.06. The predicted octanol–water partition coefficient (Wildman–Crippen LogP) is 6.91. The highest BCUT2D eigenvalue weighted by Gasteiger charge is 2.46. The molecule has 10 nitrogen and oxygen atoms in total. The fourth-order valence-corrected chi connectivity index (χ4v) is 10.1. The summed E-state index contributed by atoms with van der Waals surface area (Å²) in [6.07, 6.45) is 7.58. The lowest BCUT2D eigenvalue weighted by molar-refractivity contribution is -0.136. The van der Waals surface area contributed by atoms with E-state index in [1.807, 2.05) is 24.3 Å². The number of aromatic amines is 1. The van der Waals surface area contributed by atoms with Gasteiger partial charge in [-0.2, -0.15) is 0 Å². The Hall–Kier alpha value is -4.74. The third-order valence-corrected chi connectivity index (χ3v) is 13.2. The lowest BCUT2D eigenvalue weighted by Crippen LogP contribution is -2.54. The number of para-hydroxylation sites is 1. The first-order chi connectivity index (χ1) is 26.6. The number of thioether (sulfide) groups is 1. The quantitative estimate of drug-likeness (QED) is 0.0807. The summed E-state index contributed by atoms with van der Waals surface area (Å²) >= 11 is 1.58. The summed E-state index contributed by atoms with van der Waals surface area (Å²) in [4.78, 5) is 72.4. The summed E-state index contributed by atoms with van der Waals surface area (Å²) in [6, 6.07) is 17.4. The summed E-state index contributed by atoms with van der Waals surface area (Å²) in [5.41, 5.74) is 7.67. The maximum Gasteiger partial charge on any atom is 0.263 e. The normalized spacial score (nSPS) is 19.5. The number of imide groups is 2. The molecule has 3 aliphatic heterocycles. The Balaban J connectivity index is 0.794. The van der Waals surface area contributed by atoms with Crippen LogP contribution in [0.4, 0.5) is 5.69 Å². The molecule has 4 amide bonds. The number of nitrogens with zero attached hydrogens (tertiary/aromatic N) is 2. The molecule has 11 heteroatoms. The number of nitrogens with one attached hydrogen (secondary N) is 3. The van der Waals surface area contributed by atoms with Gasteiger partial charge >= 0.3 is 0 Å². The number of carbonyl (C=O) groups is 5. The van der Waals surface area contributed by atoms with Crippen LogP contribution in [0.3, 0.4) is 0 Å². The van der Waals surface area contributed by atoms with Gasteiger partial charge in [0, 0.05) is 63.7 Å². The Bertz CT molecular complexity index is 2220. The molecular formula is C44H49N5O5S. The Kier molecular flexibility index (Phi) is 10.2. The van der Waals surface area contributed by atoms with Crippen LogP contribution in [0.2, 0.25) is 0 Å². The van der Waals surface area contributed by atoms with Gasteiger partial charge in [0.05, 0.1) is 16.7 Å². The highest BCUT2D eigenvalue weighted by atomic mass is 32.2. The Labute approximate surface area is 326 Å². The summed E-state index contributed by atoms with van der Waals surface area (Å²) in [7, 11) is 0. The molecule has 0 radical (unpaired) electrons. The van der Waals surface area contributed by atoms with Crippen LogP contribution in [0.25, 0.3) is 10.9 Å². The minimum atomic E-state index is -0.955. The molecule has 0 bridgehead atoms. The van der Waals surface area contributed by atoms with E-state index in [1.54, 1.807) is 23.9 Å². The zero-order valence-electron chi connectivity index (χ0n) is 31.9. The molecule has 2 fully saturated rings. The van der Waals surface area contributed by atoms with E-state index in [0.29, 0.717) is 17.2 Å². The van der Waals surface area contributed by atoms with Crippen LogP contribution in [0.1, 0.15) is 126 Å². The van der Waals surface area contributed by atoms with Crippen LogP contribution >= 0.6 is 11.8 Å². The SMILES string of the molecule is CCc1cc2c(cc1N1CCC(NCCCCCCSc3cccc4c3C(=O)N(C3CCC(=O)NC3=O)C4=O)CC1)C(C)(C)c1[nH]c3ccccc3c1C2=O. The zero-order valence-corrected chi connectivity index (χ0v) is 32.7. The highest BCUT2D eigenvalue weighted by molar-refractivity contribution is 7.99. The van der Waals surface area contributed by atoms with Crippen LogP contribution in [0.15, 0.2) is 59.5 Å². The smallest absolute Gasteiger partial charge is 0.263 e. The number of piperidine rings is 2. The standard InChI is InChI=1S/C44H49N5O5S/c1-4-26-24-30-31(44(2,3)40-38(39(30)51)28-12-7-8-14-32(28)46-40)25-34(26)48-21-18-27(19-22-48)45-20-9-5-6-10-23-55-35-15-11-13-29-37(35)43(54)49(42(29)53)33-16-17-36(50)47-41(33)52/h7-8,11-15,24-25,27,33,45-46H,4-6,9-10,16-23H2,1-3H3,(H,47,50,52). The lowest BCUT2D eigenvalue weighted by Gasteiger charge is -2.38. The first-order valence-electron chi connectivity index (χ1n) is 19.9. The molecule has 1 atom stereocenters. The number of hydrogen-bond donors (Lipinski definition) is 3. The van der Waals surface area contributed by atoms with Gasteiger partial charge in [-0.1, -0.05) is 57.9 Å². The van der Waals surface area contributed by atoms with Gasteiger partial charge in [-0.25, -0.2) is 0 Å². The summed E-state index contributed by atoms with van der Waals surface area (Å²) < 4.78 is 0. The Morgan fingerprint density at radius 2 is 1.64 bits per heavy atom. The summed E-state index contributed by atoms with van der Waals surface area (Å²) in [5.74, 6) is -0.935. The molecule has 1 unspecified atom stereocenters. The van der Waals surface area contributed by atoms with Crippen molar-refractivity contribution >= 4 is 57.8 Å². The van der Waals surface area contributed by atoms with Gasteiger partial charge in [-0.05, 0) is 92.3 Å². The van der Waals surface area contributed by atoms with E-state index in [1.165, 1.54) is 11.3 Å². The van der Waals surface area contributed by atoms with E-state index in [2.05, 4.69) is 59.5 Å². The van der Waals surface area contributed by atoms with E-state index in [9.17, 15) is 24.0 Å². The van der Waals surface area contributed by atoms with Crippen LogP contribution in [0, 0.1) is 0 Å². The van der Waals surface area contributed by atoms with Crippen LogP contribution in [-0.2, 0) is 21.4 Å². The number of fused-ring (bicyclic) bond motifs is 5. The minimum absolute atomic E-state index is 0.105. The van der Waals surface area contributed by atoms with Crippen molar-refractivity contribution in [3.8, 4) is 0 Å². The van der Waals surface area contributed by atoms with Crippen molar-refractivity contribution in [1.29, 1.82) is 0 Å². The van der Waals surface area contributed by atoms with Gasteiger partial charge in [0.15, 0.2) is 5.78 Å². The number of H-pyrrole nitrogens is 1. The molecular weight excluding hydrogens is 711 g/mol. The molecule has 8 rings (SSSR count). The van der Waals surface area contributed by atoms with Gasteiger partial charge in [-0.3, -0.25) is 34.2 Å². The van der Waals surface area contributed by atoms with Crippen LogP contribution in [-0.4, -0.2) is 76.8 Å². The average Bonchev–Trinajstić information content (AvgIpc) is 3.71. The van der Waals surface area contributed by atoms with Crippen molar-refractivity contribution < 1.29 is 24.0 Å². The monoisotopic (exact) mass is 759 g/mol. The second-order valence-electron chi connectivity index (χ2n) is 15.9. The molecule has 2 saturated heterocycles. The van der Waals surface area contributed by atoms with E-state index >= 15 is 0 Å². The van der Waals surface area contributed by atoms with Gasteiger partial charge in [0.25, 0.3) is 11.8 Å². The topological polar surface area (TPSA) is 132 Å². The molecule has 0 spiro atoms. The van der Waals surface area contributed by atoms with Crippen molar-refractivity contribution in [2.24, 2.45) is 0 Å². The number of anilines is 1. The Morgan fingerprint density at radius 1 is 0.855 bits per heavy atom. The van der Waals surface area contributed by atoms with Crippen LogP contribution < -0.4 is 15.5 Å². The molecule has 4 aromatic rings.